The molecule has 2 amide bonds. The van der Waals surface area contributed by atoms with Crippen molar-refractivity contribution >= 4 is 17.4 Å². The van der Waals surface area contributed by atoms with Crippen LogP contribution in [0.1, 0.15) is 25.7 Å². The Kier molecular flexibility index (Phi) is 4.02. The zero-order valence-electron chi connectivity index (χ0n) is 10.3. The van der Waals surface area contributed by atoms with Gasteiger partial charge in [-0.3, -0.25) is 0 Å². The van der Waals surface area contributed by atoms with Crippen molar-refractivity contribution in [1.29, 1.82) is 0 Å². The predicted molar refractivity (Wildman–Crippen MR) is 69.9 cm³/mol. The van der Waals surface area contributed by atoms with Gasteiger partial charge in [0.05, 0.1) is 0 Å². The summed E-state index contributed by atoms with van der Waals surface area (Å²) in [6, 6.07) is 3.87. The summed E-state index contributed by atoms with van der Waals surface area (Å²) in [4.78, 5) is 13.8. The van der Waals surface area contributed by atoms with Crippen LogP contribution in [0, 0.1) is 5.82 Å². The second kappa shape index (κ2) is 5.71. The average Bonchev–Trinajstić information content (AvgIpc) is 2.55. The summed E-state index contributed by atoms with van der Waals surface area (Å²) < 4.78 is 13.1. The van der Waals surface area contributed by atoms with Crippen molar-refractivity contribution in [3.05, 3.63) is 24.0 Å². The van der Waals surface area contributed by atoms with E-state index in [0.717, 1.165) is 38.8 Å². The summed E-state index contributed by atoms with van der Waals surface area (Å²) in [5.74, 6) is -0.443. The number of nitrogen functional groups attached to an aromatic ring is 1. The van der Waals surface area contributed by atoms with Gasteiger partial charge in [-0.15, -0.1) is 0 Å². The first-order valence-corrected chi connectivity index (χ1v) is 6.27. The van der Waals surface area contributed by atoms with Gasteiger partial charge in [-0.2, -0.15) is 0 Å². The van der Waals surface area contributed by atoms with Gasteiger partial charge in [-0.25, -0.2) is 9.18 Å². The van der Waals surface area contributed by atoms with E-state index in [9.17, 15) is 9.18 Å². The van der Waals surface area contributed by atoms with Crippen LogP contribution in [0.3, 0.4) is 0 Å². The van der Waals surface area contributed by atoms with E-state index in [1.807, 2.05) is 0 Å². The van der Waals surface area contributed by atoms with Gasteiger partial charge in [0.1, 0.15) is 5.82 Å². The van der Waals surface area contributed by atoms with E-state index in [-0.39, 0.29) is 6.03 Å². The molecule has 0 radical (unpaired) electrons. The van der Waals surface area contributed by atoms with Gasteiger partial charge in [0.25, 0.3) is 0 Å². The summed E-state index contributed by atoms with van der Waals surface area (Å²) in [5.41, 5.74) is 6.24. The summed E-state index contributed by atoms with van der Waals surface area (Å²) in [7, 11) is 0. The maximum absolute atomic E-state index is 13.1. The highest BCUT2D eigenvalue weighted by atomic mass is 19.1. The summed E-state index contributed by atoms with van der Waals surface area (Å²) in [6.07, 6.45) is 4.38. The van der Waals surface area contributed by atoms with Crippen LogP contribution in [0.2, 0.25) is 0 Å². The molecule has 0 spiro atoms. The highest BCUT2D eigenvalue weighted by Crippen LogP contribution is 2.17. The third-order valence-corrected chi connectivity index (χ3v) is 3.06. The zero-order valence-corrected chi connectivity index (χ0v) is 10.3. The van der Waals surface area contributed by atoms with Gasteiger partial charge in [-0.1, -0.05) is 12.8 Å². The zero-order chi connectivity index (χ0) is 13.0. The average molecular weight is 251 g/mol. The number of hydrogen-bond donors (Lipinski definition) is 2. The maximum atomic E-state index is 13.1. The number of nitrogens with one attached hydrogen (secondary N) is 1. The monoisotopic (exact) mass is 251 g/mol. The van der Waals surface area contributed by atoms with Crippen molar-refractivity contribution in [2.45, 2.75) is 25.7 Å². The molecule has 18 heavy (non-hydrogen) atoms. The molecule has 1 heterocycles. The van der Waals surface area contributed by atoms with Crippen LogP contribution in [0.5, 0.6) is 0 Å². The van der Waals surface area contributed by atoms with Crippen molar-refractivity contribution < 1.29 is 9.18 Å². The van der Waals surface area contributed by atoms with Crippen LogP contribution in [0.25, 0.3) is 0 Å². The fourth-order valence-corrected chi connectivity index (χ4v) is 2.16. The third kappa shape index (κ3) is 3.35. The minimum atomic E-state index is -0.443. The lowest BCUT2D eigenvalue weighted by molar-refractivity contribution is 0.214. The number of benzene rings is 1. The van der Waals surface area contributed by atoms with E-state index in [1.54, 1.807) is 11.0 Å². The SMILES string of the molecule is Nc1cc(F)cc(NC(=O)N2CCCCCC2)c1. The van der Waals surface area contributed by atoms with Crippen molar-refractivity contribution in [3.63, 3.8) is 0 Å². The Hall–Kier alpha value is -1.78. The molecule has 0 atom stereocenters. The molecule has 3 N–H and O–H groups in total. The van der Waals surface area contributed by atoms with E-state index in [2.05, 4.69) is 5.32 Å². The van der Waals surface area contributed by atoms with E-state index in [0.29, 0.717) is 11.4 Å². The molecule has 2 rings (SSSR count). The lowest BCUT2D eigenvalue weighted by Crippen LogP contribution is -2.35. The number of anilines is 2. The number of urea groups is 1. The Bertz CT molecular complexity index is 408. The van der Waals surface area contributed by atoms with Gasteiger partial charge in [0.2, 0.25) is 0 Å². The van der Waals surface area contributed by atoms with E-state index < -0.39 is 5.82 Å². The number of likely N-dealkylation sites (tertiary alicyclic amines) is 1. The molecule has 1 aliphatic rings. The molecular formula is C13H18FN3O. The Morgan fingerprint density at radius 2 is 1.83 bits per heavy atom. The standard InChI is InChI=1S/C13H18FN3O/c14-10-7-11(15)9-12(8-10)16-13(18)17-5-3-1-2-4-6-17/h7-9H,1-6,15H2,(H,16,18). The van der Waals surface area contributed by atoms with Crippen LogP contribution in [-0.4, -0.2) is 24.0 Å². The number of rotatable bonds is 1. The molecule has 0 bridgehead atoms. The Morgan fingerprint density at radius 1 is 1.17 bits per heavy atom. The largest absolute Gasteiger partial charge is 0.399 e. The fourth-order valence-electron chi connectivity index (χ4n) is 2.16. The molecule has 4 nitrogen and oxygen atoms in total. The van der Waals surface area contributed by atoms with Crippen LogP contribution in [-0.2, 0) is 0 Å². The molecule has 0 saturated carbocycles. The number of nitrogens with zero attached hydrogens (tertiary/aromatic N) is 1. The van der Waals surface area contributed by atoms with Crippen molar-refractivity contribution in [2.75, 3.05) is 24.1 Å². The molecular weight excluding hydrogens is 233 g/mol. The van der Waals surface area contributed by atoms with Gasteiger partial charge in [0, 0.05) is 24.5 Å². The highest BCUT2D eigenvalue weighted by molar-refractivity contribution is 5.89. The molecule has 1 saturated heterocycles. The number of carbonyl (C=O) groups is 1. The summed E-state index contributed by atoms with van der Waals surface area (Å²) in [6.45, 7) is 1.52. The van der Waals surface area contributed by atoms with Crippen LogP contribution in [0.4, 0.5) is 20.6 Å². The topological polar surface area (TPSA) is 58.4 Å². The quantitative estimate of drug-likeness (QED) is 0.754. The Balaban J connectivity index is 2.01. The second-order valence-electron chi connectivity index (χ2n) is 4.60. The molecule has 1 fully saturated rings. The fraction of sp³-hybridized carbons (Fsp3) is 0.462. The van der Waals surface area contributed by atoms with E-state index in [4.69, 9.17) is 5.73 Å². The minimum Gasteiger partial charge on any atom is -0.399 e. The second-order valence-corrected chi connectivity index (χ2v) is 4.60. The molecule has 1 aliphatic heterocycles. The Morgan fingerprint density at radius 3 is 2.44 bits per heavy atom. The lowest BCUT2D eigenvalue weighted by Gasteiger charge is -2.20. The number of hydrogen-bond acceptors (Lipinski definition) is 2. The number of halogens is 1. The van der Waals surface area contributed by atoms with Crippen LogP contribution in [0.15, 0.2) is 18.2 Å². The van der Waals surface area contributed by atoms with E-state index >= 15 is 0 Å². The Labute approximate surface area is 106 Å². The highest BCUT2D eigenvalue weighted by Gasteiger charge is 2.15. The molecule has 98 valence electrons. The first-order chi connectivity index (χ1) is 8.65. The van der Waals surface area contributed by atoms with Gasteiger partial charge >= 0.3 is 6.03 Å². The van der Waals surface area contributed by atoms with Gasteiger partial charge in [-0.05, 0) is 31.0 Å². The summed E-state index contributed by atoms with van der Waals surface area (Å²) in [5, 5.41) is 2.69. The number of nitrogens with two attached hydrogens (primary N) is 1. The van der Waals surface area contributed by atoms with Gasteiger partial charge in [0.15, 0.2) is 0 Å². The van der Waals surface area contributed by atoms with Gasteiger partial charge < -0.3 is 16.0 Å². The predicted octanol–water partition coefficient (Wildman–Crippen LogP) is 2.82. The van der Waals surface area contributed by atoms with Crippen LogP contribution < -0.4 is 11.1 Å². The number of amides is 2. The number of carbonyl (C=O) groups excluding carboxylic acids is 1. The first-order valence-electron chi connectivity index (χ1n) is 6.27. The van der Waals surface area contributed by atoms with Crippen molar-refractivity contribution in [3.8, 4) is 0 Å². The summed E-state index contributed by atoms with van der Waals surface area (Å²) >= 11 is 0. The smallest absolute Gasteiger partial charge is 0.321 e. The van der Waals surface area contributed by atoms with Crippen LogP contribution >= 0.6 is 0 Å². The van der Waals surface area contributed by atoms with Crippen molar-refractivity contribution in [1.82, 2.24) is 4.90 Å². The molecule has 1 aromatic carbocycles. The van der Waals surface area contributed by atoms with E-state index in [1.165, 1.54) is 12.1 Å². The molecule has 5 heteroatoms. The normalized spacial score (nSPS) is 16.2. The first kappa shape index (κ1) is 12.7. The van der Waals surface area contributed by atoms with Crippen molar-refractivity contribution in [2.24, 2.45) is 0 Å². The third-order valence-electron chi connectivity index (χ3n) is 3.06. The molecule has 1 aromatic rings. The molecule has 0 aliphatic carbocycles. The maximum Gasteiger partial charge on any atom is 0.321 e. The molecule has 0 aromatic heterocycles. The minimum absolute atomic E-state index is 0.179. The lowest BCUT2D eigenvalue weighted by atomic mass is 10.2. The molecule has 0 unspecified atom stereocenters.